The summed E-state index contributed by atoms with van der Waals surface area (Å²) in [6.07, 6.45) is 4.78. The third kappa shape index (κ3) is 3.62. The number of nitrogens with one attached hydrogen (secondary N) is 1. The summed E-state index contributed by atoms with van der Waals surface area (Å²) < 4.78 is 31.3. The predicted molar refractivity (Wildman–Crippen MR) is 105 cm³/mol. The van der Waals surface area contributed by atoms with Gasteiger partial charge in [-0.2, -0.15) is 0 Å². The SMILES string of the molecule is CCCc1cn(C)c2c(=O)[nH]c(-c3cc(S(C)(=O)=O)ccc3OCC)nc12. The van der Waals surface area contributed by atoms with Crippen molar-refractivity contribution < 1.29 is 13.2 Å². The first kappa shape index (κ1) is 19.2. The highest BCUT2D eigenvalue weighted by molar-refractivity contribution is 7.90. The Kier molecular flexibility index (Phi) is 5.10. The fraction of sp³-hybridized carbons (Fsp3) is 0.368. The fourth-order valence-corrected chi connectivity index (χ4v) is 3.81. The number of ether oxygens (including phenoxy) is 1. The summed E-state index contributed by atoms with van der Waals surface area (Å²) in [5.41, 5.74) is 2.29. The minimum Gasteiger partial charge on any atom is -0.493 e. The molecule has 144 valence electrons. The number of rotatable bonds is 6. The summed E-state index contributed by atoms with van der Waals surface area (Å²) in [5, 5.41) is 0. The van der Waals surface area contributed by atoms with Crippen LogP contribution in [0.15, 0.2) is 34.1 Å². The van der Waals surface area contributed by atoms with Gasteiger partial charge in [-0.05, 0) is 37.1 Å². The molecule has 0 spiro atoms. The van der Waals surface area contributed by atoms with E-state index in [1.807, 2.05) is 20.2 Å². The van der Waals surface area contributed by atoms with Crippen molar-refractivity contribution in [1.29, 1.82) is 0 Å². The lowest BCUT2D eigenvalue weighted by molar-refractivity contribution is 0.341. The van der Waals surface area contributed by atoms with Crippen LogP contribution in [-0.2, 0) is 23.3 Å². The minimum atomic E-state index is -3.41. The van der Waals surface area contributed by atoms with E-state index in [1.165, 1.54) is 12.1 Å². The molecule has 0 atom stereocenters. The number of aromatic amines is 1. The molecule has 2 aromatic heterocycles. The van der Waals surface area contributed by atoms with Crippen LogP contribution in [0.5, 0.6) is 5.75 Å². The van der Waals surface area contributed by atoms with Gasteiger partial charge >= 0.3 is 0 Å². The van der Waals surface area contributed by atoms with Crippen LogP contribution >= 0.6 is 0 Å². The standard InChI is InChI=1S/C19H23N3O4S/c1-5-7-12-11-22(3)17-16(12)20-18(21-19(17)23)14-10-13(27(4,24)25)8-9-15(14)26-6-2/h8-11H,5-7H2,1-4H3,(H,20,21,23). The number of sulfone groups is 1. The second-order valence-corrected chi connectivity index (χ2v) is 8.51. The van der Waals surface area contributed by atoms with Crippen LogP contribution in [0.3, 0.4) is 0 Å². The van der Waals surface area contributed by atoms with Gasteiger partial charge in [-0.25, -0.2) is 13.4 Å². The van der Waals surface area contributed by atoms with Gasteiger partial charge in [-0.1, -0.05) is 13.3 Å². The van der Waals surface area contributed by atoms with Crippen LogP contribution in [-0.4, -0.2) is 35.8 Å². The number of hydrogen-bond donors (Lipinski definition) is 1. The molecular formula is C19H23N3O4S. The van der Waals surface area contributed by atoms with E-state index >= 15 is 0 Å². The molecule has 0 aliphatic rings. The second-order valence-electron chi connectivity index (χ2n) is 6.49. The lowest BCUT2D eigenvalue weighted by Gasteiger charge is -2.11. The number of benzene rings is 1. The Balaban J connectivity index is 2.31. The highest BCUT2D eigenvalue weighted by atomic mass is 32.2. The van der Waals surface area contributed by atoms with E-state index in [0.29, 0.717) is 34.8 Å². The smallest absolute Gasteiger partial charge is 0.275 e. The van der Waals surface area contributed by atoms with Crippen LogP contribution in [0, 0.1) is 0 Å². The topological polar surface area (TPSA) is 94.1 Å². The van der Waals surface area contributed by atoms with Crippen LogP contribution in [0.25, 0.3) is 22.4 Å². The zero-order valence-electron chi connectivity index (χ0n) is 15.9. The van der Waals surface area contributed by atoms with E-state index in [-0.39, 0.29) is 10.5 Å². The van der Waals surface area contributed by atoms with Gasteiger partial charge in [0.2, 0.25) is 0 Å². The number of H-pyrrole nitrogens is 1. The van der Waals surface area contributed by atoms with Crippen molar-refractivity contribution >= 4 is 20.9 Å². The van der Waals surface area contributed by atoms with Crippen LogP contribution in [0.2, 0.25) is 0 Å². The van der Waals surface area contributed by atoms with E-state index in [4.69, 9.17) is 4.74 Å². The highest BCUT2D eigenvalue weighted by Crippen LogP contribution is 2.31. The monoisotopic (exact) mass is 389 g/mol. The molecule has 1 aromatic carbocycles. The first-order valence-electron chi connectivity index (χ1n) is 8.81. The molecule has 8 heteroatoms. The molecule has 3 aromatic rings. The Hall–Kier alpha value is -2.61. The van der Waals surface area contributed by atoms with Gasteiger partial charge in [0.25, 0.3) is 5.56 Å². The summed E-state index contributed by atoms with van der Waals surface area (Å²) in [5.74, 6) is 0.769. The lowest BCUT2D eigenvalue weighted by Crippen LogP contribution is -2.12. The molecule has 0 radical (unpaired) electrons. The maximum absolute atomic E-state index is 12.7. The summed E-state index contributed by atoms with van der Waals surface area (Å²) in [6.45, 7) is 4.31. The van der Waals surface area contributed by atoms with Crippen molar-refractivity contribution in [3.8, 4) is 17.1 Å². The average Bonchev–Trinajstić information content (AvgIpc) is 2.91. The van der Waals surface area contributed by atoms with Crippen molar-refractivity contribution in [3.05, 3.63) is 40.3 Å². The molecule has 0 aliphatic carbocycles. The Bertz CT molecular complexity index is 1160. The molecule has 2 heterocycles. The third-order valence-corrected chi connectivity index (χ3v) is 5.46. The molecule has 0 saturated carbocycles. The van der Waals surface area contributed by atoms with Gasteiger partial charge in [0.1, 0.15) is 17.1 Å². The number of hydrogen-bond acceptors (Lipinski definition) is 5. The van der Waals surface area contributed by atoms with E-state index in [1.54, 1.807) is 10.6 Å². The maximum atomic E-state index is 12.7. The van der Waals surface area contributed by atoms with E-state index < -0.39 is 9.84 Å². The zero-order chi connectivity index (χ0) is 19.8. The normalized spacial score (nSPS) is 11.9. The summed E-state index contributed by atoms with van der Waals surface area (Å²) >= 11 is 0. The van der Waals surface area contributed by atoms with Gasteiger partial charge in [-0.15, -0.1) is 0 Å². The summed E-state index contributed by atoms with van der Waals surface area (Å²) in [6, 6.07) is 4.58. The van der Waals surface area contributed by atoms with Gasteiger partial charge < -0.3 is 14.3 Å². The molecule has 7 nitrogen and oxygen atoms in total. The lowest BCUT2D eigenvalue weighted by atomic mass is 10.1. The van der Waals surface area contributed by atoms with E-state index in [0.717, 1.165) is 24.7 Å². The third-order valence-electron chi connectivity index (χ3n) is 4.35. The van der Waals surface area contributed by atoms with E-state index in [2.05, 4.69) is 16.9 Å². The molecule has 0 bridgehead atoms. The van der Waals surface area contributed by atoms with Crippen LogP contribution < -0.4 is 10.3 Å². The molecule has 0 aliphatic heterocycles. The highest BCUT2D eigenvalue weighted by Gasteiger charge is 2.18. The average molecular weight is 389 g/mol. The van der Waals surface area contributed by atoms with Gasteiger partial charge in [0.05, 0.1) is 22.6 Å². The second kappa shape index (κ2) is 7.19. The fourth-order valence-electron chi connectivity index (χ4n) is 3.16. The molecule has 0 amide bonds. The molecule has 0 unspecified atom stereocenters. The molecule has 3 rings (SSSR count). The van der Waals surface area contributed by atoms with Crippen molar-refractivity contribution in [2.45, 2.75) is 31.6 Å². The number of nitrogens with zero attached hydrogens (tertiary/aromatic N) is 2. The van der Waals surface area contributed by atoms with Crippen molar-refractivity contribution in [3.63, 3.8) is 0 Å². The molecule has 0 saturated heterocycles. The van der Waals surface area contributed by atoms with Crippen molar-refractivity contribution in [2.75, 3.05) is 12.9 Å². The number of aromatic nitrogens is 3. The summed E-state index contributed by atoms with van der Waals surface area (Å²) in [4.78, 5) is 20.3. The molecule has 27 heavy (non-hydrogen) atoms. The van der Waals surface area contributed by atoms with Gasteiger partial charge in [0, 0.05) is 19.5 Å². The zero-order valence-corrected chi connectivity index (χ0v) is 16.7. The minimum absolute atomic E-state index is 0.144. The van der Waals surface area contributed by atoms with E-state index in [9.17, 15) is 13.2 Å². The number of fused-ring (bicyclic) bond motifs is 1. The van der Waals surface area contributed by atoms with Crippen molar-refractivity contribution in [2.24, 2.45) is 7.05 Å². The quantitative estimate of drug-likeness (QED) is 0.699. The first-order valence-corrected chi connectivity index (χ1v) is 10.7. The Morgan fingerprint density at radius 1 is 1.26 bits per heavy atom. The maximum Gasteiger partial charge on any atom is 0.275 e. The molecule has 1 N–H and O–H groups in total. The van der Waals surface area contributed by atoms with Gasteiger partial charge in [0.15, 0.2) is 9.84 Å². The molecular weight excluding hydrogens is 366 g/mol. The van der Waals surface area contributed by atoms with Crippen LogP contribution in [0.1, 0.15) is 25.8 Å². The molecule has 0 fully saturated rings. The van der Waals surface area contributed by atoms with Gasteiger partial charge in [-0.3, -0.25) is 4.79 Å². The first-order chi connectivity index (χ1) is 12.8. The Morgan fingerprint density at radius 2 is 2.00 bits per heavy atom. The van der Waals surface area contributed by atoms with Crippen molar-refractivity contribution in [1.82, 2.24) is 14.5 Å². The van der Waals surface area contributed by atoms with Crippen LogP contribution in [0.4, 0.5) is 0 Å². The predicted octanol–water partition coefficient (Wildman–Crippen LogP) is 2.68. The number of aryl methyl sites for hydroxylation is 2. The summed E-state index contributed by atoms with van der Waals surface area (Å²) in [7, 11) is -1.60. The Morgan fingerprint density at radius 3 is 2.63 bits per heavy atom. The Labute approximate surface area is 157 Å². The largest absolute Gasteiger partial charge is 0.493 e.